The molecule has 1 rings (SSSR count). The van der Waals surface area contributed by atoms with Gasteiger partial charge in [-0.15, -0.1) is 11.3 Å². The van der Waals surface area contributed by atoms with Crippen molar-refractivity contribution in [3.8, 4) is 0 Å². The van der Waals surface area contributed by atoms with Gasteiger partial charge in [0.15, 0.2) is 0 Å². The van der Waals surface area contributed by atoms with E-state index in [9.17, 15) is 0 Å². The smallest absolute Gasteiger partial charge is 0.00735 e. The zero-order valence-electron chi connectivity index (χ0n) is 6.14. The van der Waals surface area contributed by atoms with Gasteiger partial charge in [-0.3, -0.25) is 0 Å². The van der Waals surface area contributed by atoms with Gasteiger partial charge in [-0.05, 0) is 25.0 Å². The van der Waals surface area contributed by atoms with Crippen molar-refractivity contribution < 1.29 is 0 Å². The fourth-order valence-electron chi connectivity index (χ4n) is 0.764. The average Bonchev–Trinajstić information content (AvgIpc) is 2.14. The van der Waals surface area contributed by atoms with Crippen molar-refractivity contribution in [3.05, 3.63) is 21.9 Å². The molecule has 0 saturated heterocycles. The van der Waals surface area contributed by atoms with Crippen molar-refractivity contribution >= 4 is 11.3 Å². The van der Waals surface area contributed by atoms with E-state index in [4.69, 9.17) is 0 Å². The van der Waals surface area contributed by atoms with E-state index < -0.39 is 0 Å². The summed E-state index contributed by atoms with van der Waals surface area (Å²) in [5.74, 6) is 0.698. The lowest BCUT2D eigenvalue weighted by Crippen LogP contribution is -1.77. The summed E-state index contributed by atoms with van der Waals surface area (Å²) in [6.07, 6.45) is 0. The van der Waals surface area contributed by atoms with Crippen molar-refractivity contribution in [3.63, 3.8) is 0 Å². The lowest BCUT2D eigenvalue weighted by Gasteiger charge is -1.96. The van der Waals surface area contributed by atoms with Gasteiger partial charge >= 0.3 is 0 Å². The summed E-state index contributed by atoms with van der Waals surface area (Å²) in [7, 11) is 0. The minimum atomic E-state index is 0.698. The molecule has 0 aliphatic heterocycles. The highest BCUT2D eigenvalue weighted by atomic mass is 32.1. The second-order valence-electron chi connectivity index (χ2n) is 2.60. The van der Waals surface area contributed by atoms with Crippen LogP contribution in [0.4, 0.5) is 0 Å². The number of thiophene rings is 1. The predicted molar refractivity (Wildman–Crippen MR) is 43.1 cm³/mol. The predicted octanol–water partition coefficient (Wildman–Crippen LogP) is 3.18. The van der Waals surface area contributed by atoms with Gasteiger partial charge in [-0.25, -0.2) is 0 Å². The molecule has 0 spiro atoms. The van der Waals surface area contributed by atoms with Crippen molar-refractivity contribution in [1.82, 2.24) is 0 Å². The highest BCUT2D eigenvalue weighted by Crippen LogP contribution is 2.22. The Balaban J connectivity index is 2.85. The minimum Gasteiger partial charge on any atom is -0.145 e. The highest BCUT2D eigenvalue weighted by molar-refractivity contribution is 7.12. The van der Waals surface area contributed by atoms with Crippen LogP contribution in [0.3, 0.4) is 0 Å². The van der Waals surface area contributed by atoms with Gasteiger partial charge in [0.05, 0.1) is 0 Å². The van der Waals surface area contributed by atoms with Gasteiger partial charge in [-0.1, -0.05) is 13.8 Å². The van der Waals surface area contributed by atoms with Gasteiger partial charge in [0.1, 0.15) is 0 Å². The molecule has 0 radical (unpaired) electrons. The summed E-state index contributed by atoms with van der Waals surface area (Å²) in [4.78, 5) is 2.91. The summed E-state index contributed by atoms with van der Waals surface area (Å²) in [5, 5.41) is 0. The zero-order chi connectivity index (χ0) is 6.85. The molecule has 0 aliphatic rings. The van der Waals surface area contributed by atoms with E-state index in [-0.39, 0.29) is 0 Å². The van der Waals surface area contributed by atoms with Crippen LogP contribution in [-0.2, 0) is 0 Å². The molecule has 0 aromatic carbocycles. The topological polar surface area (TPSA) is 0 Å². The number of hydrogen-bond acceptors (Lipinski definition) is 1. The second-order valence-corrected chi connectivity index (χ2v) is 3.92. The first-order chi connectivity index (χ1) is 4.20. The molecule has 9 heavy (non-hydrogen) atoms. The van der Waals surface area contributed by atoms with E-state index in [2.05, 4.69) is 32.9 Å². The largest absolute Gasteiger partial charge is 0.145 e. The highest BCUT2D eigenvalue weighted by Gasteiger charge is 1.99. The van der Waals surface area contributed by atoms with Crippen LogP contribution in [0.2, 0.25) is 0 Å². The Hall–Kier alpha value is -0.300. The van der Waals surface area contributed by atoms with Crippen LogP contribution in [-0.4, -0.2) is 0 Å². The zero-order valence-corrected chi connectivity index (χ0v) is 6.96. The SMILES string of the molecule is Cc1ccc(C(C)C)s1. The Labute approximate surface area is 60.5 Å². The lowest BCUT2D eigenvalue weighted by atomic mass is 10.2. The first kappa shape index (κ1) is 6.81. The van der Waals surface area contributed by atoms with Gasteiger partial charge < -0.3 is 0 Å². The van der Waals surface area contributed by atoms with Gasteiger partial charge in [0, 0.05) is 9.75 Å². The fourth-order valence-corrected chi connectivity index (χ4v) is 1.64. The summed E-state index contributed by atoms with van der Waals surface area (Å²) in [5.41, 5.74) is 0. The number of rotatable bonds is 1. The molecule has 0 N–H and O–H groups in total. The third-order valence-electron chi connectivity index (χ3n) is 1.33. The lowest BCUT2D eigenvalue weighted by molar-refractivity contribution is 0.890. The third kappa shape index (κ3) is 1.55. The molecule has 0 nitrogen and oxygen atoms in total. The van der Waals surface area contributed by atoms with Gasteiger partial charge in [0.25, 0.3) is 0 Å². The third-order valence-corrected chi connectivity index (χ3v) is 2.63. The standard InChI is InChI=1S/C8H12S/c1-6(2)8-5-4-7(3)9-8/h4-6H,1-3H3. The molecule has 50 valence electrons. The quantitative estimate of drug-likeness (QED) is 0.562. The maximum absolute atomic E-state index is 2.23. The average molecular weight is 140 g/mol. The van der Waals surface area contributed by atoms with Crippen LogP contribution < -0.4 is 0 Å². The summed E-state index contributed by atoms with van der Waals surface area (Å²) in [6.45, 7) is 6.60. The van der Waals surface area contributed by atoms with Crippen molar-refractivity contribution in [2.45, 2.75) is 26.7 Å². The molecular weight excluding hydrogens is 128 g/mol. The molecule has 0 aliphatic carbocycles. The Morgan fingerprint density at radius 3 is 2.22 bits per heavy atom. The molecular formula is C8H12S. The van der Waals surface area contributed by atoms with E-state index in [0.717, 1.165) is 0 Å². The summed E-state index contributed by atoms with van der Waals surface area (Å²) >= 11 is 1.90. The van der Waals surface area contributed by atoms with Gasteiger partial charge in [-0.2, -0.15) is 0 Å². The van der Waals surface area contributed by atoms with E-state index in [1.54, 1.807) is 0 Å². The molecule has 0 atom stereocenters. The first-order valence-electron chi connectivity index (χ1n) is 3.26. The maximum atomic E-state index is 2.23. The number of hydrogen-bond donors (Lipinski definition) is 0. The molecule has 0 unspecified atom stereocenters. The van der Waals surface area contributed by atoms with Crippen LogP contribution in [0.25, 0.3) is 0 Å². The van der Waals surface area contributed by atoms with E-state index in [1.165, 1.54) is 9.75 Å². The van der Waals surface area contributed by atoms with Crippen molar-refractivity contribution in [2.24, 2.45) is 0 Å². The Kier molecular flexibility index (Phi) is 1.91. The molecule has 0 fully saturated rings. The van der Waals surface area contributed by atoms with Crippen LogP contribution in [0.5, 0.6) is 0 Å². The molecule has 1 aromatic rings. The minimum absolute atomic E-state index is 0.698. The molecule has 1 heterocycles. The van der Waals surface area contributed by atoms with Crippen LogP contribution in [0, 0.1) is 6.92 Å². The van der Waals surface area contributed by atoms with Crippen LogP contribution in [0.15, 0.2) is 12.1 Å². The molecule has 0 amide bonds. The summed E-state index contributed by atoms with van der Waals surface area (Å²) < 4.78 is 0. The Bertz CT molecular complexity index is 186. The van der Waals surface area contributed by atoms with E-state index >= 15 is 0 Å². The number of aryl methyl sites for hydroxylation is 1. The second kappa shape index (κ2) is 2.53. The maximum Gasteiger partial charge on any atom is 0.00735 e. The monoisotopic (exact) mass is 140 g/mol. The molecule has 1 aromatic heterocycles. The fraction of sp³-hybridized carbons (Fsp3) is 0.500. The molecule has 0 bridgehead atoms. The van der Waals surface area contributed by atoms with Crippen molar-refractivity contribution in [1.29, 1.82) is 0 Å². The molecule has 0 saturated carbocycles. The van der Waals surface area contributed by atoms with E-state index in [0.29, 0.717) is 5.92 Å². The Morgan fingerprint density at radius 2 is 2.00 bits per heavy atom. The first-order valence-corrected chi connectivity index (χ1v) is 4.08. The normalized spacial score (nSPS) is 10.7. The van der Waals surface area contributed by atoms with Crippen molar-refractivity contribution in [2.75, 3.05) is 0 Å². The van der Waals surface area contributed by atoms with Crippen LogP contribution in [0.1, 0.15) is 29.5 Å². The Morgan fingerprint density at radius 1 is 1.33 bits per heavy atom. The summed E-state index contributed by atoms with van der Waals surface area (Å²) in [6, 6.07) is 4.39. The van der Waals surface area contributed by atoms with E-state index in [1.807, 2.05) is 11.3 Å². The van der Waals surface area contributed by atoms with Gasteiger partial charge in [0.2, 0.25) is 0 Å². The molecule has 1 heteroatoms. The van der Waals surface area contributed by atoms with Crippen LogP contribution >= 0.6 is 11.3 Å².